The van der Waals surface area contributed by atoms with E-state index in [1.54, 1.807) is 24.3 Å². The molecule has 0 radical (unpaired) electrons. The second-order valence-corrected chi connectivity index (χ2v) is 3.12. The van der Waals surface area contributed by atoms with Gasteiger partial charge in [-0.1, -0.05) is 11.6 Å². The van der Waals surface area contributed by atoms with Gasteiger partial charge in [0.2, 0.25) is 0 Å². The van der Waals surface area contributed by atoms with Crippen LogP contribution in [-0.4, -0.2) is 9.94 Å². The molecule has 0 spiro atoms. The van der Waals surface area contributed by atoms with E-state index >= 15 is 0 Å². The van der Waals surface area contributed by atoms with Crippen LogP contribution in [0.5, 0.6) is 0 Å². The lowest BCUT2D eigenvalue weighted by Gasteiger charge is -2.01. The van der Waals surface area contributed by atoms with Crippen molar-refractivity contribution in [1.29, 1.82) is 0 Å². The molecule has 0 saturated carbocycles. The summed E-state index contributed by atoms with van der Waals surface area (Å²) in [5.41, 5.74) is 0.00622. The molecule has 66 valence electrons. The molecule has 13 heavy (non-hydrogen) atoms. The lowest BCUT2D eigenvalue weighted by Crippen LogP contribution is -2.15. The molecule has 1 aromatic carbocycles. The number of aromatic nitrogens is 1. The number of pyridine rings is 1. The Morgan fingerprint density at radius 3 is 2.77 bits per heavy atom. The second-order valence-electron chi connectivity index (χ2n) is 2.69. The summed E-state index contributed by atoms with van der Waals surface area (Å²) in [6, 6.07) is 7.81. The molecular weight excluding hydrogens is 190 g/mol. The van der Waals surface area contributed by atoms with Crippen molar-refractivity contribution in [3.05, 3.63) is 45.7 Å². The minimum Gasteiger partial charge on any atom is -0.425 e. The van der Waals surface area contributed by atoms with Crippen LogP contribution < -0.4 is 5.56 Å². The Labute approximate surface area is 78.8 Å². The molecule has 0 aliphatic heterocycles. The average molecular weight is 196 g/mol. The van der Waals surface area contributed by atoms with Crippen molar-refractivity contribution in [3.8, 4) is 0 Å². The molecule has 0 saturated heterocycles. The molecule has 0 aliphatic rings. The summed E-state index contributed by atoms with van der Waals surface area (Å²) >= 11 is 5.74. The van der Waals surface area contributed by atoms with Gasteiger partial charge in [0.15, 0.2) is 0 Å². The largest absolute Gasteiger partial charge is 0.425 e. The first-order valence-corrected chi connectivity index (χ1v) is 4.07. The average Bonchev–Trinajstić information content (AvgIpc) is 2.12. The quantitative estimate of drug-likeness (QED) is 0.653. The van der Waals surface area contributed by atoms with Crippen molar-refractivity contribution in [2.45, 2.75) is 0 Å². The van der Waals surface area contributed by atoms with Crippen LogP contribution in [0, 0.1) is 0 Å². The molecule has 2 rings (SSSR count). The maximum Gasteiger partial charge on any atom is 0.283 e. The van der Waals surface area contributed by atoms with Crippen LogP contribution in [0.25, 0.3) is 10.9 Å². The van der Waals surface area contributed by atoms with Gasteiger partial charge in [-0.05, 0) is 24.3 Å². The van der Waals surface area contributed by atoms with Gasteiger partial charge in [-0.15, -0.1) is 4.73 Å². The van der Waals surface area contributed by atoms with Crippen molar-refractivity contribution < 1.29 is 5.21 Å². The molecule has 1 heterocycles. The standard InChI is InChI=1S/C9H6ClNO2/c10-7-2-3-8-6(5-7)1-4-9(12)11(8)13/h1-5,13H. The summed E-state index contributed by atoms with van der Waals surface area (Å²) in [5, 5.41) is 10.6. The number of hydrogen-bond donors (Lipinski definition) is 1. The Morgan fingerprint density at radius 1 is 1.23 bits per heavy atom. The zero-order valence-electron chi connectivity index (χ0n) is 6.57. The first-order valence-electron chi connectivity index (χ1n) is 3.69. The van der Waals surface area contributed by atoms with Crippen LogP contribution in [0.1, 0.15) is 0 Å². The highest BCUT2D eigenvalue weighted by atomic mass is 35.5. The van der Waals surface area contributed by atoms with Gasteiger partial charge in [-0.3, -0.25) is 4.79 Å². The first-order chi connectivity index (χ1) is 6.18. The Morgan fingerprint density at radius 2 is 2.00 bits per heavy atom. The van der Waals surface area contributed by atoms with E-state index in [9.17, 15) is 10.0 Å². The Hall–Kier alpha value is -1.48. The lowest BCUT2D eigenvalue weighted by molar-refractivity contribution is 0.188. The number of fused-ring (bicyclic) bond motifs is 1. The highest BCUT2D eigenvalue weighted by Crippen LogP contribution is 2.16. The molecule has 0 unspecified atom stereocenters. The third-order valence-corrected chi connectivity index (χ3v) is 2.07. The smallest absolute Gasteiger partial charge is 0.283 e. The highest BCUT2D eigenvalue weighted by molar-refractivity contribution is 6.31. The van der Waals surface area contributed by atoms with Gasteiger partial charge in [0.1, 0.15) is 0 Å². The van der Waals surface area contributed by atoms with Crippen LogP contribution in [0.4, 0.5) is 0 Å². The third-order valence-electron chi connectivity index (χ3n) is 1.83. The van der Waals surface area contributed by atoms with Crippen molar-refractivity contribution >= 4 is 22.5 Å². The zero-order valence-corrected chi connectivity index (χ0v) is 7.32. The minimum atomic E-state index is -0.449. The molecule has 0 fully saturated rings. The summed E-state index contributed by atoms with van der Waals surface area (Å²) in [5.74, 6) is 0. The normalized spacial score (nSPS) is 10.5. The molecular formula is C9H6ClNO2. The number of hydrogen-bond acceptors (Lipinski definition) is 2. The summed E-state index contributed by atoms with van der Waals surface area (Å²) in [6.45, 7) is 0. The summed E-state index contributed by atoms with van der Waals surface area (Å²) in [6.07, 6.45) is 0. The van der Waals surface area contributed by atoms with Crippen molar-refractivity contribution in [2.24, 2.45) is 0 Å². The van der Waals surface area contributed by atoms with E-state index in [0.29, 0.717) is 15.3 Å². The molecule has 3 nitrogen and oxygen atoms in total. The Bertz CT molecular complexity index is 518. The van der Waals surface area contributed by atoms with E-state index in [0.717, 1.165) is 5.39 Å². The topological polar surface area (TPSA) is 42.2 Å². The van der Waals surface area contributed by atoms with Gasteiger partial charge in [-0.25, -0.2) is 0 Å². The van der Waals surface area contributed by atoms with Gasteiger partial charge in [0.25, 0.3) is 5.56 Å². The summed E-state index contributed by atoms with van der Waals surface area (Å²) in [4.78, 5) is 11.0. The fourth-order valence-corrected chi connectivity index (χ4v) is 1.38. The van der Waals surface area contributed by atoms with Crippen LogP contribution in [0.15, 0.2) is 35.1 Å². The monoisotopic (exact) mass is 195 g/mol. The minimum absolute atomic E-state index is 0.449. The first kappa shape index (κ1) is 8.13. The van der Waals surface area contributed by atoms with Crippen molar-refractivity contribution in [1.82, 2.24) is 4.73 Å². The molecule has 1 N–H and O–H groups in total. The Balaban J connectivity index is 2.95. The van der Waals surface area contributed by atoms with Crippen molar-refractivity contribution in [3.63, 3.8) is 0 Å². The molecule has 1 aromatic heterocycles. The predicted octanol–water partition coefficient (Wildman–Crippen LogP) is 1.89. The number of halogens is 1. The van der Waals surface area contributed by atoms with E-state index in [2.05, 4.69) is 0 Å². The molecule has 0 aliphatic carbocycles. The lowest BCUT2D eigenvalue weighted by atomic mass is 10.2. The third kappa shape index (κ3) is 1.27. The van der Waals surface area contributed by atoms with E-state index in [1.807, 2.05) is 0 Å². The zero-order chi connectivity index (χ0) is 9.42. The summed E-state index contributed by atoms with van der Waals surface area (Å²) < 4.78 is 0.603. The molecule has 2 aromatic rings. The van der Waals surface area contributed by atoms with Gasteiger partial charge in [0.05, 0.1) is 5.52 Å². The summed E-state index contributed by atoms with van der Waals surface area (Å²) in [7, 11) is 0. The van der Waals surface area contributed by atoms with Gasteiger partial charge >= 0.3 is 0 Å². The van der Waals surface area contributed by atoms with E-state index in [4.69, 9.17) is 11.6 Å². The molecule has 0 amide bonds. The molecule has 0 atom stereocenters. The van der Waals surface area contributed by atoms with Crippen LogP contribution in [0.3, 0.4) is 0 Å². The van der Waals surface area contributed by atoms with Crippen LogP contribution in [0.2, 0.25) is 5.02 Å². The van der Waals surface area contributed by atoms with Crippen LogP contribution >= 0.6 is 11.6 Å². The van der Waals surface area contributed by atoms with Gasteiger partial charge < -0.3 is 5.21 Å². The van der Waals surface area contributed by atoms with Gasteiger partial charge in [-0.2, -0.15) is 0 Å². The fourth-order valence-electron chi connectivity index (χ4n) is 1.20. The fraction of sp³-hybridized carbons (Fsp3) is 0. The van der Waals surface area contributed by atoms with Gasteiger partial charge in [0, 0.05) is 16.5 Å². The highest BCUT2D eigenvalue weighted by Gasteiger charge is 2.00. The predicted molar refractivity (Wildman–Crippen MR) is 50.4 cm³/mol. The van der Waals surface area contributed by atoms with E-state index < -0.39 is 5.56 Å². The number of rotatable bonds is 0. The second kappa shape index (κ2) is 2.78. The maximum atomic E-state index is 11.0. The number of benzene rings is 1. The van der Waals surface area contributed by atoms with Crippen LogP contribution in [-0.2, 0) is 0 Å². The Kier molecular flexibility index (Phi) is 1.74. The van der Waals surface area contributed by atoms with Crippen molar-refractivity contribution in [2.75, 3.05) is 0 Å². The number of nitrogens with zero attached hydrogens (tertiary/aromatic N) is 1. The maximum absolute atomic E-state index is 11.0. The van der Waals surface area contributed by atoms with E-state index in [1.165, 1.54) is 6.07 Å². The molecule has 0 bridgehead atoms. The molecule has 4 heteroatoms. The SMILES string of the molecule is O=c1ccc2cc(Cl)ccc2n1O. The van der Waals surface area contributed by atoms with E-state index in [-0.39, 0.29) is 0 Å².